The second kappa shape index (κ2) is 9.33. The number of aromatic carboxylic acids is 1. The number of hydrogen-bond donors (Lipinski definition) is 2. The van der Waals surface area contributed by atoms with Gasteiger partial charge < -0.3 is 14.3 Å². The fourth-order valence-corrected chi connectivity index (χ4v) is 3.30. The normalized spacial score (nSPS) is 11.4. The highest BCUT2D eigenvalue weighted by Crippen LogP contribution is 2.23. The van der Waals surface area contributed by atoms with Crippen LogP contribution in [0.15, 0.2) is 82.5 Å². The summed E-state index contributed by atoms with van der Waals surface area (Å²) in [4.78, 5) is 35.9. The minimum absolute atomic E-state index is 0.120. The van der Waals surface area contributed by atoms with Gasteiger partial charge in [0, 0.05) is 5.56 Å². The first-order valence-corrected chi connectivity index (χ1v) is 10.2. The monoisotopic (exact) mass is 456 g/mol. The molecule has 2 aromatic heterocycles. The number of carbonyl (C=O) groups excluding carboxylic acids is 1. The lowest BCUT2D eigenvalue weighted by Crippen LogP contribution is -2.33. The van der Waals surface area contributed by atoms with E-state index in [2.05, 4.69) is 18.3 Å². The Hall–Kier alpha value is -4.85. The maximum absolute atomic E-state index is 12.9. The molecular weight excluding hydrogens is 436 g/mol. The lowest BCUT2D eigenvalue weighted by molar-refractivity contribution is 0.0549. The highest BCUT2D eigenvalue weighted by atomic mass is 16.5. The van der Waals surface area contributed by atoms with E-state index in [9.17, 15) is 14.4 Å². The Bertz CT molecular complexity index is 1540. The summed E-state index contributed by atoms with van der Waals surface area (Å²) < 4.78 is 12.2. The van der Waals surface area contributed by atoms with Gasteiger partial charge in [-0.1, -0.05) is 31.4 Å². The predicted octanol–water partition coefficient (Wildman–Crippen LogP) is 2.71. The van der Waals surface area contributed by atoms with Crippen LogP contribution in [0.2, 0.25) is 0 Å². The number of carbonyl (C=O) groups is 2. The largest absolute Gasteiger partial charge is 0.478 e. The quantitative estimate of drug-likeness (QED) is 0.326. The maximum Gasteiger partial charge on any atom is 0.338 e. The van der Waals surface area contributed by atoms with Gasteiger partial charge in [0.1, 0.15) is 18.1 Å². The van der Waals surface area contributed by atoms with E-state index in [0.717, 1.165) is 5.56 Å². The number of nitrogens with zero attached hydrogens (tertiary/aromatic N) is 1. The summed E-state index contributed by atoms with van der Waals surface area (Å²) in [6.45, 7) is 7.54. The number of aromatic nitrogens is 2. The molecule has 2 heterocycles. The number of rotatable bonds is 7. The van der Waals surface area contributed by atoms with Crippen LogP contribution in [-0.4, -0.2) is 33.4 Å². The van der Waals surface area contributed by atoms with Crippen molar-refractivity contribution in [1.29, 1.82) is 0 Å². The van der Waals surface area contributed by atoms with Crippen LogP contribution >= 0.6 is 0 Å². The van der Waals surface area contributed by atoms with Crippen LogP contribution in [-0.2, 0) is 4.74 Å². The van der Waals surface area contributed by atoms with E-state index in [1.807, 2.05) is 0 Å². The van der Waals surface area contributed by atoms with Gasteiger partial charge in [-0.2, -0.15) is 0 Å². The SMILES string of the molecule is C=CCOC(=O)c1ccc(-c2ccc(/C=c3\c(=C)[nH]n(-c4ccc(C(=O)O)cc4)c3=O)o2)cc1. The topological polar surface area (TPSA) is 115 Å². The number of carboxylic acid groups (broad SMARTS) is 1. The summed E-state index contributed by atoms with van der Waals surface area (Å²) in [6, 6.07) is 16.1. The van der Waals surface area contributed by atoms with Gasteiger partial charge in [0.2, 0.25) is 0 Å². The lowest BCUT2D eigenvalue weighted by atomic mass is 10.1. The number of nitrogens with one attached hydrogen (secondary N) is 1. The Morgan fingerprint density at radius 3 is 2.35 bits per heavy atom. The third kappa shape index (κ3) is 4.51. The first-order chi connectivity index (χ1) is 16.4. The lowest BCUT2D eigenvalue weighted by Gasteiger charge is -2.02. The molecule has 0 spiro atoms. The molecule has 2 aromatic carbocycles. The van der Waals surface area contributed by atoms with Crippen molar-refractivity contribution in [1.82, 2.24) is 9.78 Å². The zero-order valence-corrected chi connectivity index (χ0v) is 18.0. The van der Waals surface area contributed by atoms with Crippen LogP contribution in [0.25, 0.3) is 29.7 Å². The van der Waals surface area contributed by atoms with Gasteiger partial charge in [-0.15, -0.1) is 0 Å². The van der Waals surface area contributed by atoms with Crippen LogP contribution in [0.3, 0.4) is 0 Å². The van der Waals surface area contributed by atoms with Crippen LogP contribution in [0.5, 0.6) is 0 Å². The van der Waals surface area contributed by atoms with Gasteiger partial charge in [-0.3, -0.25) is 9.89 Å². The predicted molar refractivity (Wildman–Crippen MR) is 126 cm³/mol. The fourth-order valence-electron chi connectivity index (χ4n) is 3.30. The summed E-state index contributed by atoms with van der Waals surface area (Å²) in [5, 5.41) is 12.6. The molecule has 4 aromatic rings. The molecular formula is C26H20N2O6. The third-order valence-electron chi connectivity index (χ3n) is 5.03. The summed E-state index contributed by atoms with van der Waals surface area (Å²) in [6.07, 6.45) is 3.08. The summed E-state index contributed by atoms with van der Waals surface area (Å²) in [5.74, 6) is -0.487. The molecule has 34 heavy (non-hydrogen) atoms. The molecule has 0 saturated carbocycles. The number of H-pyrrole nitrogens is 1. The van der Waals surface area contributed by atoms with E-state index in [-0.39, 0.29) is 17.7 Å². The zero-order chi connectivity index (χ0) is 24.2. The average Bonchev–Trinajstić information content (AvgIpc) is 3.43. The number of esters is 1. The van der Waals surface area contributed by atoms with Crippen LogP contribution < -0.4 is 16.1 Å². The van der Waals surface area contributed by atoms with E-state index < -0.39 is 11.9 Å². The van der Waals surface area contributed by atoms with Crippen molar-refractivity contribution in [2.45, 2.75) is 0 Å². The molecule has 0 atom stereocenters. The smallest absolute Gasteiger partial charge is 0.338 e. The van der Waals surface area contributed by atoms with E-state index in [1.54, 1.807) is 42.5 Å². The highest BCUT2D eigenvalue weighted by molar-refractivity contribution is 5.90. The van der Waals surface area contributed by atoms with Crippen LogP contribution in [0.4, 0.5) is 0 Å². The maximum atomic E-state index is 12.9. The van der Waals surface area contributed by atoms with Gasteiger partial charge in [-0.05, 0) is 54.6 Å². The summed E-state index contributed by atoms with van der Waals surface area (Å²) in [7, 11) is 0. The molecule has 0 aliphatic heterocycles. The second-order valence-electron chi connectivity index (χ2n) is 7.31. The molecule has 0 aliphatic carbocycles. The molecule has 4 rings (SSSR count). The van der Waals surface area contributed by atoms with Crippen molar-refractivity contribution >= 4 is 24.6 Å². The first kappa shape index (κ1) is 22.3. The second-order valence-corrected chi connectivity index (χ2v) is 7.31. The number of benzene rings is 2. The Kier molecular flexibility index (Phi) is 6.13. The molecule has 0 aliphatic rings. The Labute approximate surface area is 193 Å². The van der Waals surface area contributed by atoms with Crippen molar-refractivity contribution in [2.75, 3.05) is 6.61 Å². The number of carboxylic acids is 1. The first-order valence-electron chi connectivity index (χ1n) is 10.2. The molecule has 0 saturated heterocycles. The van der Waals surface area contributed by atoms with Gasteiger partial charge in [0.25, 0.3) is 5.56 Å². The highest BCUT2D eigenvalue weighted by Gasteiger charge is 2.10. The fraction of sp³-hybridized carbons (Fsp3) is 0.0385. The molecule has 2 N–H and O–H groups in total. The van der Waals surface area contributed by atoms with Gasteiger partial charge >= 0.3 is 11.9 Å². The van der Waals surface area contributed by atoms with Gasteiger partial charge in [0.15, 0.2) is 0 Å². The van der Waals surface area contributed by atoms with Crippen molar-refractivity contribution < 1.29 is 23.8 Å². The molecule has 0 fully saturated rings. The Balaban J connectivity index is 1.61. The third-order valence-corrected chi connectivity index (χ3v) is 5.03. The molecule has 0 radical (unpaired) electrons. The van der Waals surface area contributed by atoms with Crippen molar-refractivity contribution in [3.8, 4) is 17.0 Å². The van der Waals surface area contributed by atoms with E-state index >= 15 is 0 Å². The van der Waals surface area contributed by atoms with Crippen molar-refractivity contribution in [3.05, 3.63) is 111 Å². The molecule has 0 unspecified atom stereocenters. The van der Waals surface area contributed by atoms with E-state index in [0.29, 0.717) is 33.3 Å². The standard InChI is InChI=1S/C26H20N2O6/c1-3-14-33-26(32)19-6-4-17(5-7-19)23-13-12-21(34-23)15-22-16(2)27-28(24(22)29)20-10-8-18(9-11-20)25(30)31/h3-13,15,27H,1-2,14H2,(H,30,31)/b22-15+. The summed E-state index contributed by atoms with van der Waals surface area (Å²) in [5.41, 5.74) is 1.41. The van der Waals surface area contributed by atoms with Crippen molar-refractivity contribution in [2.24, 2.45) is 0 Å². The minimum atomic E-state index is -1.05. The van der Waals surface area contributed by atoms with E-state index in [1.165, 1.54) is 35.0 Å². The molecule has 0 bridgehead atoms. The zero-order valence-electron chi connectivity index (χ0n) is 18.0. The van der Waals surface area contributed by atoms with Crippen LogP contribution in [0.1, 0.15) is 26.5 Å². The number of furan rings is 1. The summed E-state index contributed by atoms with van der Waals surface area (Å²) >= 11 is 0. The molecule has 170 valence electrons. The van der Waals surface area contributed by atoms with Crippen LogP contribution in [0, 0.1) is 0 Å². The number of hydrogen-bond acceptors (Lipinski definition) is 5. The number of aromatic amines is 1. The van der Waals surface area contributed by atoms with Crippen molar-refractivity contribution in [3.63, 3.8) is 0 Å². The van der Waals surface area contributed by atoms with Gasteiger partial charge in [0.05, 0.1) is 27.4 Å². The Morgan fingerprint density at radius 1 is 1.03 bits per heavy atom. The van der Waals surface area contributed by atoms with E-state index in [4.69, 9.17) is 14.3 Å². The minimum Gasteiger partial charge on any atom is -0.478 e. The molecule has 8 heteroatoms. The average molecular weight is 456 g/mol. The van der Waals surface area contributed by atoms with Gasteiger partial charge in [-0.25, -0.2) is 14.3 Å². The molecule has 8 nitrogen and oxygen atoms in total. The molecule has 0 amide bonds. The number of ether oxygens (including phenoxy) is 1. The Morgan fingerprint density at radius 2 is 1.71 bits per heavy atom.